The number of amides is 1. The molecule has 0 unspecified atom stereocenters. The Kier molecular flexibility index (Phi) is 4.24. The summed E-state index contributed by atoms with van der Waals surface area (Å²) in [6, 6.07) is 0. The predicted molar refractivity (Wildman–Crippen MR) is 64.9 cm³/mol. The molecule has 100 valence electrons. The molecule has 18 heavy (non-hydrogen) atoms. The number of carbonyl (C=O) groups excluding carboxylic acids is 1. The van der Waals surface area contributed by atoms with Gasteiger partial charge in [-0.2, -0.15) is 5.10 Å². The fraction of sp³-hybridized carbons (Fsp3) is 0.600. The van der Waals surface area contributed by atoms with Crippen LogP contribution in [-0.2, 0) is 18.3 Å². The minimum Gasteiger partial charge on any atom is -0.409 e. The first-order valence-corrected chi connectivity index (χ1v) is 5.48. The van der Waals surface area contributed by atoms with Crippen LogP contribution in [0.4, 0.5) is 0 Å². The lowest BCUT2D eigenvalue weighted by Crippen LogP contribution is -2.46. The highest BCUT2D eigenvalue weighted by Gasteiger charge is 2.32. The van der Waals surface area contributed by atoms with Crippen LogP contribution in [0.2, 0.25) is 0 Å². The molecule has 0 saturated carbocycles. The van der Waals surface area contributed by atoms with Gasteiger partial charge in [0.1, 0.15) is 11.7 Å². The molecule has 0 aliphatic rings. The van der Waals surface area contributed by atoms with Crippen LogP contribution in [0.25, 0.3) is 0 Å². The molecule has 1 rings (SSSR count). The van der Waals surface area contributed by atoms with E-state index in [4.69, 9.17) is 10.9 Å². The molecule has 0 saturated heterocycles. The molecule has 0 spiro atoms. The third kappa shape index (κ3) is 3.19. The van der Waals surface area contributed by atoms with Gasteiger partial charge in [0.15, 0.2) is 11.7 Å². The maximum Gasteiger partial charge on any atom is 0.233 e. The molecule has 1 heterocycles. The number of carbonyl (C=O) groups is 1. The van der Waals surface area contributed by atoms with Crippen molar-refractivity contribution in [3.05, 3.63) is 12.2 Å². The number of oxime groups is 1. The SMILES string of the molecule is Cn1cnc(CCNC(=O)C(C)(C)C(N)=NO)n1. The standard InChI is InChI=1S/C10H18N6O2/c1-10(2,8(11)15-18)9(17)12-5-4-7-13-6-16(3)14-7/h6,18H,4-5H2,1-3H3,(H2,11,15)(H,12,17). The van der Waals surface area contributed by atoms with Crippen molar-refractivity contribution in [3.8, 4) is 0 Å². The number of rotatable bonds is 5. The fourth-order valence-corrected chi connectivity index (χ4v) is 1.25. The summed E-state index contributed by atoms with van der Waals surface area (Å²) in [6.07, 6.45) is 2.12. The van der Waals surface area contributed by atoms with Crippen LogP contribution in [0.3, 0.4) is 0 Å². The van der Waals surface area contributed by atoms with Gasteiger partial charge in [0.2, 0.25) is 5.91 Å². The van der Waals surface area contributed by atoms with Crippen molar-refractivity contribution < 1.29 is 10.0 Å². The first kappa shape index (κ1) is 13.9. The van der Waals surface area contributed by atoms with Crippen molar-refractivity contribution in [3.63, 3.8) is 0 Å². The lowest BCUT2D eigenvalue weighted by atomic mass is 9.91. The van der Waals surface area contributed by atoms with Crippen molar-refractivity contribution in [1.29, 1.82) is 0 Å². The minimum absolute atomic E-state index is 0.129. The van der Waals surface area contributed by atoms with Gasteiger partial charge in [0.25, 0.3) is 0 Å². The summed E-state index contributed by atoms with van der Waals surface area (Å²) >= 11 is 0. The molecule has 0 fully saturated rings. The van der Waals surface area contributed by atoms with Crippen LogP contribution in [0, 0.1) is 5.41 Å². The van der Waals surface area contributed by atoms with Gasteiger partial charge in [-0.25, -0.2) is 4.98 Å². The number of nitrogens with two attached hydrogens (primary N) is 1. The number of nitrogens with one attached hydrogen (secondary N) is 1. The van der Waals surface area contributed by atoms with Gasteiger partial charge < -0.3 is 16.3 Å². The Morgan fingerprint density at radius 2 is 2.33 bits per heavy atom. The van der Waals surface area contributed by atoms with Crippen molar-refractivity contribution in [1.82, 2.24) is 20.1 Å². The fourth-order valence-electron chi connectivity index (χ4n) is 1.25. The zero-order valence-electron chi connectivity index (χ0n) is 10.7. The summed E-state index contributed by atoms with van der Waals surface area (Å²) in [4.78, 5) is 15.9. The van der Waals surface area contributed by atoms with Crippen LogP contribution in [0.5, 0.6) is 0 Å². The van der Waals surface area contributed by atoms with E-state index in [1.165, 1.54) is 0 Å². The summed E-state index contributed by atoms with van der Waals surface area (Å²) in [7, 11) is 1.77. The Labute approximate surface area is 105 Å². The molecule has 1 aromatic heterocycles. The molecular formula is C10H18N6O2. The maximum absolute atomic E-state index is 11.8. The molecule has 0 aliphatic carbocycles. The van der Waals surface area contributed by atoms with E-state index in [0.717, 1.165) is 0 Å². The maximum atomic E-state index is 11.8. The smallest absolute Gasteiger partial charge is 0.233 e. The molecule has 8 heteroatoms. The minimum atomic E-state index is -1.05. The molecule has 0 radical (unpaired) electrons. The van der Waals surface area contributed by atoms with E-state index in [2.05, 4.69) is 20.6 Å². The van der Waals surface area contributed by atoms with Crippen LogP contribution >= 0.6 is 0 Å². The van der Waals surface area contributed by atoms with Crippen LogP contribution < -0.4 is 11.1 Å². The highest BCUT2D eigenvalue weighted by Crippen LogP contribution is 2.14. The summed E-state index contributed by atoms with van der Waals surface area (Å²) in [5.74, 6) is 0.212. The molecule has 0 bridgehead atoms. The molecule has 4 N–H and O–H groups in total. The predicted octanol–water partition coefficient (Wildman–Crippen LogP) is -0.754. The number of nitrogens with zero attached hydrogens (tertiary/aromatic N) is 4. The zero-order chi connectivity index (χ0) is 13.8. The van der Waals surface area contributed by atoms with E-state index in [-0.39, 0.29) is 11.7 Å². The zero-order valence-corrected chi connectivity index (χ0v) is 10.7. The second-order valence-corrected chi connectivity index (χ2v) is 4.45. The normalized spacial score (nSPS) is 12.5. The Morgan fingerprint density at radius 3 is 2.83 bits per heavy atom. The van der Waals surface area contributed by atoms with Crippen LogP contribution in [0.15, 0.2) is 11.5 Å². The number of amidine groups is 1. The molecule has 0 atom stereocenters. The first-order valence-electron chi connectivity index (χ1n) is 5.48. The van der Waals surface area contributed by atoms with Crippen molar-refractivity contribution in [2.45, 2.75) is 20.3 Å². The van der Waals surface area contributed by atoms with E-state index in [1.54, 1.807) is 31.9 Å². The number of hydrogen-bond donors (Lipinski definition) is 3. The average molecular weight is 254 g/mol. The van der Waals surface area contributed by atoms with Gasteiger partial charge in [0, 0.05) is 20.0 Å². The quantitative estimate of drug-likeness (QED) is 0.276. The second kappa shape index (κ2) is 5.48. The number of aryl methyl sites for hydroxylation is 1. The van der Waals surface area contributed by atoms with Crippen molar-refractivity contribution in [2.75, 3.05) is 6.54 Å². The Balaban J connectivity index is 2.47. The number of aromatic nitrogens is 3. The molecule has 1 aromatic rings. The van der Waals surface area contributed by atoms with Crippen molar-refractivity contribution in [2.24, 2.45) is 23.4 Å². The van der Waals surface area contributed by atoms with Gasteiger partial charge >= 0.3 is 0 Å². The highest BCUT2D eigenvalue weighted by molar-refractivity contribution is 6.05. The molecular weight excluding hydrogens is 236 g/mol. The van der Waals surface area contributed by atoms with Crippen LogP contribution in [-0.4, -0.2) is 38.3 Å². The van der Waals surface area contributed by atoms with E-state index >= 15 is 0 Å². The van der Waals surface area contributed by atoms with Gasteiger partial charge in [-0.05, 0) is 13.8 Å². The van der Waals surface area contributed by atoms with Crippen molar-refractivity contribution >= 4 is 11.7 Å². The summed E-state index contributed by atoms with van der Waals surface area (Å²) < 4.78 is 1.59. The van der Waals surface area contributed by atoms with Gasteiger partial charge in [-0.3, -0.25) is 9.48 Å². The highest BCUT2D eigenvalue weighted by atomic mass is 16.4. The van der Waals surface area contributed by atoms with E-state index in [1.807, 2.05) is 0 Å². The molecule has 1 amide bonds. The van der Waals surface area contributed by atoms with E-state index in [9.17, 15) is 4.79 Å². The first-order chi connectivity index (χ1) is 8.37. The topological polar surface area (TPSA) is 118 Å². The second-order valence-electron chi connectivity index (χ2n) is 4.45. The largest absolute Gasteiger partial charge is 0.409 e. The van der Waals surface area contributed by atoms with Gasteiger partial charge in [-0.15, -0.1) is 0 Å². The third-order valence-electron chi connectivity index (χ3n) is 2.60. The summed E-state index contributed by atoms with van der Waals surface area (Å²) in [5, 5.41) is 18.2. The van der Waals surface area contributed by atoms with E-state index in [0.29, 0.717) is 18.8 Å². The molecule has 0 aliphatic heterocycles. The van der Waals surface area contributed by atoms with E-state index < -0.39 is 5.41 Å². The molecule has 0 aromatic carbocycles. The average Bonchev–Trinajstić information content (AvgIpc) is 2.73. The Bertz CT molecular complexity index is 451. The molecule has 8 nitrogen and oxygen atoms in total. The third-order valence-corrected chi connectivity index (χ3v) is 2.60. The Morgan fingerprint density at radius 1 is 1.67 bits per heavy atom. The summed E-state index contributed by atoms with van der Waals surface area (Å²) in [6.45, 7) is 3.55. The number of hydrogen-bond acceptors (Lipinski definition) is 5. The van der Waals surface area contributed by atoms with Gasteiger partial charge in [-0.1, -0.05) is 5.16 Å². The van der Waals surface area contributed by atoms with Crippen LogP contribution in [0.1, 0.15) is 19.7 Å². The Hall–Kier alpha value is -2.12. The van der Waals surface area contributed by atoms with Gasteiger partial charge in [0.05, 0.1) is 0 Å². The lowest BCUT2D eigenvalue weighted by Gasteiger charge is -2.21. The summed E-state index contributed by atoms with van der Waals surface area (Å²) in [5.41, 5.74) is 4.40. The lowest BCUT2D eigenvalue weighted by molar-refractivity contribution is -0.126. The monoisotopic (exact) mass is 254 g/mol.